The van der Waals surface area contributed by atoms with E-state index in [1.165, 1.54) is 12.1 Å². The van der Waals surface area contributed by atoms with Crippen LogP contribution in [0.5, 0.6) is 0 Å². The number of benzene rings is 1. The summed E-state index contributed by atoms with van der Waals surface area (Å²) in [6.07, 6.45) is -2.60. The van der Waals surface area contributed by atoms with Crippen molar-refractivity contribution in [1.82, 2.24) is 0 Å². The van der Waals surface area contributed by atoms with E-state index in [0.717, 1.165) is 5.56 Å². The van der Waals surface area contributed by atoms with Crippen LogP contribution in [0.2, 0.25) is 0 Å². The Morgan fingerprint density at radius 1 is 1.53 bits per heavy atom. The van der Waals surface area contributed by atoms with Crippen molar-refractivity contribution >= 4 is 5.69 Å². The van der Waals surface area contributed by atoms with Gasteiger partial charge in [-0.1, -0.05) is 16.7 Å². The number of aryl methyl sites for hydroxylation is 1. The van der Waals surface area contributed by atoms with E-state index in [0.29, 0.717) is 0 Å². The highest BCUT2D eigenvalue weighted by Gasteiger charge is 2.25. The summed E-state index contributed by atoms with van der Waals surface area (Å²) < 4.78 is 0. The zero-order chi connectivity index (χ0) is 14.4. The number of azide groups is 1. The lowest BCUT2D eigenvalue weighted by molar-refractivity contribution is -0.386. The zero-order valence-corrected chi connectivity index (χ0v) is 10.3. The van der Waals surface area contributed by atoms with Gasteiger partial charge in [0, 0.05) is 17.5 Å². The Balaban J connectivity index is 2.96. The molecule has 2 unspecified atom stereocenters. The van der Waals surface area contributed by atoms with Gasteiger partial charge in [-0.3, -0.25) is 10.1 Å². The van der Waals surface area contributed by atoms with Gasteiger partial charge in [0.05, 0.1) is 16.6 Å². The molecule has 2 atom stereocenters. The van der Waals surface area contributed by atoms with Crippen molar-refractivity contribution in [3.05, 3.63) is 49.9 Å². The lowest BCUT2D eigenvalue weighted by Crippen LogP contribution is -2.20. The standard InChI is InChI=1S/C11H14N4O4/c1-7-2-3-9(15(18)19)8(6-7)11(17)10(16)4-5-13-14-12/h2-3,6,10-11,16-17H,4-5H2,1H3. The second-order valence-corrected chi connectivity index (χ2v) is 4.07. The topological polar surface area (TPSA) is 132 Å². The van der Waals surface area contributed by atoms with Gasteiger partial charge in [-0.15, -0.1) is 0 Å². The van der Waals surface area contributed by atoms with Gasteiger partial charge >= 0.3 is 0 Å². The minimum absolute atomic E-state index is 0.00827. The Hall–Kier alpha value is -2.15. The minimum atomic E-state index is -1.39. The van der Waals surface area contributed by atoms with E-state index in [2.05, 4.69) is 10.0 Å². The molecular weight excluding hydrogens is 252 g/mol. The van der Waals surface area contributed by atoms with Crippen molar-refractivity contribution in [3.8, 4) is 0 Å². The van der Waals surface area contributed by atoms with Crippen LogP contribution >= 0.6 is 0 Å². The summed E-state index contributed by atoms with van der Waals surface area (Å²) in [5.41, 5.74) is 8.66. The monoisotopic (exact) mass is 266 g/mol. The molecule has 0 aliphatic heterocycles. The Bertz CT molecular complexity index is 513. The van der Waals surface area contributed by atoms with Crippen LogP contribution in [0.1, 0.15) is 23.7 Å². The highest BCUT2D eigenvalue weighted by Crippen LogP contribution is 2.29. The number of aliphatic hydroxyl groups excluding tert-OH is 2. The van der Waals surface area contributed by atoms with Crippen LogP contribution in [0, 0.1) is 17.0 Å². The molecule has 0 aromatic heterocycles. The smallest absolute Gasteiger partial charge is 0.275 e. The number of rotatable bonds is 6. The fourth-order valence-corrected chi connectivity index (χ4v) is 1.68. The highest BCUT2D eigenvalue weighted by molar-refractivity contribution is 5.44. The first-order valence-electron chi connectivity index (χ1n) is 5.59. The van der Waals surface area contributed by atoms with Crippen molar-refractivity contribution in [1.29, 1.82) is 0 Å². The number of nitro benzene ring substituents is 1. The van der Waals surface area contributed by atoms with Crippen molar-refractivity contribution in [2.24, 2.45) is 5.11 Å². The third-order valence-corrected chi connectivity index (χ3v) is 2.65. The average Bonchev–Trinajstić information content (AvgIpc) is 2.37. The fraction of sp³-hybridized carbons (Fsp3) is 0.455. The molecule has 0 saturated heterocycles. The molecule has 0 fully saturated rings. The Morgan fingerprint density at radius 2 is 2.21 bits per heavy atom. The van der Waals surface area contributed by atoms with E-state index in [-0.39, 0.29) is 24.2 Å². The van der Waals surface area contributed by atoms with Gasteiger partial charge in [0.25, 0.3) is 5.69 Å². The second-order valence-electron chi connectivity index (χ2n) is 4.07. The van der Waals surface area contributed by atoms with E-state index in [4.69, 9.17) is 5.53 Å². The van der Waals surface area contributed by atoms with Gasteiger partial charge in [0.15, 0.2) is 0 Å². The first-order valence-corrected chi connectivity index (χ1v) is 5.59. The first kappa shape index (κ1) is 14.9. The summed E-state index contributed by atoms with van der Waals surface area (Å²) in [5.74, 6) is 0. The molecule has 0 aliphatic carbocycles. The fourth-order valence-electron chi connectivity index (χ4n) is 1.68. The largest absolute Gasteiger partial charge is 0.390 e. The molecule has 1 aromatic carbocycles. The molecule has 1 aromatic rings. The summed E-state index contributed by atoms with van der Waals surface area (Å²) in [5, 5.41) is 33.8. The number of hydrogen-bond donors (Lipinski definition) is 2. The van der Waals surface area contributed by atoms with Crippen LogP contribution in [0.3, 0.4) is 0 Å². The minimum Gasteiger partial charge on any atom is -0.390 e. The van der Waals surface area contributed by atoms with Crippen LogP contribution in [-0.4, -0.2) is 27.8 Å². The molecule has 0 amide bonds. The van der Waals surface area contributed by atoms with Gasteiger partial charge in [0.1, 0.15) is 6.10 Å². The van der Waals surface area contributed by atoms with Crippen LogP contribution in [-0.2, 0) is 0 Å². The summed E-state index contributed by atoms with van der Waals surface area (Å²) in [6.45, 7) is 1.74. The number of aliphatic hydroxyl groups is 2. The Kier molecular flexibility index (Phi) is 5.25. The molecule has 102 valence electrons. The second kappa shape index (κ2) is 6.69. The number of hydrogen-bond acceptors (Lipinski definition) is 5. The van der Waals surface area contributed by atoms with Gasteiger partial charge in [-0.25, -0.2) is 0 Å². The Labute approximate surface area is 109 Å². The van der Waals surface area contributed by atoms with E-state index in [1.807, 2.05) is 0 Å². The van der Waals surface area contributed by atoms with Gasteiger partial charge in [-0.05, 0) is 24.9 Å². The van der Waals surface area contributed by atoms with E-state index in [1.54, 1.807) is 13.0 Å². The molecule has 8 heteroatoms. The van der Waals surface area contributed by atoms with Gasteiger partial charge < -0.3 is 10.2 Å². The molecule has 0 radical (unpaired) electrons. The Morgan fingerprint density at radius 3 is 2.79 bits per heavy atom. The molecule has 0 spiro atoms. The summed E-state index contributed by atoms with van der Waals surface area (Å²) >= 11 is 0. The summed E-state index contributed by atoms with van der Waals surface area (Å²) in [7, 11) is 0. The molecule has 2 N–H and O–H groups in total. The molecule has 8 nitrogen and oxygen atoms in total. The maximum atomic E-state index is 10.9. The molecular formula is C11H14N4O4. The van der Waals surface area contributed by atoms with Crippen molar-refractivity contribution in [3.63, 3.8) is 0 Å². The summed E-state index contributed by atoms with van der Waals surface area (Å²) in [6, 6.07) is 4.30. The van der Waals surface area contributed by atoms with Crippen molar-refractivity contribution in [2.45, 2.75) is 25.6 Å². The predicted octanol–water partition coefficient (Wildman–Crippen LogP) is 2.00. The highest BCUT2D eigenvalue weighted by atomic mass is 16.6. The third kappa shape index (κ3) is 3.92. The maximum Gasteiger partial charge on any atom is 0.275 e. The lowest BCUT2D eigenvalue weighted by atomic mass is 9.98. The number of nitrogens with zero attached hydrogens (tertiary/aromatic N) is 4. The average molecular weight is 266 g/mol. The van der Waals surface area contributed by atoms with E-state index < -0.39 is 17.1 Å². The summed E-state index contributed by atoms with van der Waals surface area (Å²) in [4.78, 5) is 12.8. The van der Waals surface area contributed by atoms with E-state index in [9.17, 15) is 20.3 Å². The molecule has 1 rings (SSSR count). The van der Waals surface area contributed by atoms with Gasteiger partial charge in [0.2, 0.25) is 0 Å². The third-order valence-electron chi connectivity index (χ3n) is 2.65. The predicted molar refractivity (Wildman–Crippen MR) is 67.4 cm³/mol. The quantitative estimate of drug-likeness (QED) is 0.268. The molecule has 0 saturated carbocycles. The molecule has 19 heavy (non-hydrogen) atoms. The SMILES string of the molecule is Cc1ccc([N+](=O)[O-])c(C(O)C(O)CCN=[N+]=[N-])c1. The van der Waals surface area contributed by atoms with Crippen LogP contribution < -0.4 is 0 Å². The van der Waals surface area contributed by atoms with Crippen LogP contribution in [0.25, 0.3) is 10.4 Å². The first-order chi connectivity index (χ1) is 8.97. The van der Waals surface area contributed by atoms with Crippen LogP contribution in [0.4, 0.5) is 5.69 Å². The van der Waals surface area contributed by atoms with Gasteiger partial charge in [-0.2, -0.15) is 0 Å². The lowest BCUT2D eigenvalue weighted by Gasteiger charge is -2.17. The normalized spacial score (nSPS) is 13.4. The van der Waals surface area contributed by atoms with E-state index >= 15 is 0 Å². The molecule has 0 aliphatic rings. The van der Waals surface area contributed by atoms with Crippen LogP contribution in [0.15, 0.2) is 23.3 Å². The van der Waals surface area contributed by atoms with Crippen molar-refractivity contribution in [2.75, 3.05) is 6.54 Å². The number of nitro groups is 1. The maximum absolute atomic E-state index is 10.9. The molecule has 0 heterocycles. The van der Waals surface area contributed by atoms with Crippen molar-refractivity contribution < 1.29 is 15.1 Å². The molecule has 0 bridgehead atoms. The zero-order valence-electron chi connectivity index (χ0n) is 10.3.